The van der Waals surface area contributed by atoms with E-state index in [4.69, 9.17) is 5.11 Å². The van der Waals surface area contributed by atoms with Crippen LogP contribution in [-0.4, -0.2) is 26.8 Å². The van der Waals surface area contributed by atoms with Crippen molar-refractivity contribution in [2.24, 2.45) is 0 Å². The SMILES string of the molecule is CCC(C)(C)c1ccccc1.CCCCC(=O)O.CCCc1c2ccccc2cc2ccccc12.CCSc1ccccc1Br.CCc1c[nH]c2ccc(F)cc12.CCc1cc(F)c(F)c(F)c1.CCc1cc(F)cc(F)c1.CCc1ccc(F)cc1F.Cc1c[nH]c2ccc(F)cc12.Cc1cccc(C)c1C. The summed E-state index contributed by atoms with van der Waals surface area (Å²) >= 11 is 5.33. The molecule has 0 saturated heterocycles. The van der Waals surface area contributed by atoms with E-state index in [1.165, 1.54) is 114 Å². The van der Waals surface area contributed by atoms with Gasteiger partial charge in [0, 0.05) is 62.1 Å². The number of aliphatic carboxylic acids is 1. The zero-order valence-electron chi connectivity index (χ0n) is 64.7. The van der Waals surface area contributed by atoms with Gasteiger partial charge in [0.1, 0.15) is 34.9 Å². The summed E-state index contributed by atoms with van der Waals surface area (Å²) in [5, 5.41) is 15.5. The number of benzene rings is 11. The fourth-order valence-electron chi connectivity index (χ4n) is 10.8. The molecule has 11 aromatic carbocycles. The average molecular weight is 1560 g/mol. The summed E-state index contributed by atoms with van der Waals surface area (Å²) in [5.74, 6) is -5.54. The van der Waals surface area contributed by atoms with Gasteiger partial charge in [0.2, 0.25) is 0 Å². The van der Waals surface area contributed by atoms with Crippen molar-refractivity contribution in [1.82, 2.24) is 9.97 Å². The number of halogens is 10. The maximum atomic E-state index is 12.8. The molecule has 0 atom stereocenters. The Morgan fingerprint density at radius 3 is 1.42 bits per heavy atom. The van der Waals surface area contributed by atoms with Crippen LogP contribution in [0.25, 0.3) is 43.4 Å². The van der Waals surface area contributed by atoms with Crippen LogP contribution in [0.2, 0.25) is 0 Å². The quantitative estimate of drug-likeness (QED) is 0.0466. The van der Waals surface area contributed by atoms with Gasteiger partial charge in [-0.15, -0.1) is 11.8 Å². The standard InChI is InChI=1S/C17H16.C11H16.C10H10FN.C9H8FN.C9H12.C8H9BrS.C8H7F3.2C8H8F2.C5H10O2/c1-2-7-17-15-10-5-3-8-13(15)12-14-9-4-6-11-16(14)17;1-4-11(2,3)10-8-6-5-7-9-10;1-2-7-6-12-10-4-3-8(11)5-9(7)10;1-6-5-11-9-3-2-7(10)4-8(6)9;1-7-5-4-6-8(2)9(7)3;1-2-10-8-6-4-3-5-7(8)9;1-2-5-3-6(9)8(11)7(10)4-5;1-2-6-3-7(9)5-8(10)4-6;1-2-6-3-4-7(9)5-8(6)10;1-2-3-4-5(6)7/h3-6,8-12H,2,7H2,1H3;5-9H,4H2,1-3H3;3-6,12H,2H2,1H3;2-5,11H,1H3;4-6H,1-3H3;3-6H,2H2,1H3;3-4H,2H2,1H3;2*3-5H,2H2,1H3;2-4H2,1H3,(H,6,7). The monoisotopic (exact) mass is 1560 g/mol. The molecule has 2 aromatic heterocycles. The molecule has 3 N–H and O–H groups in total. The zero-order chi connectivity index (χ0) is 79.9. The lowest BCUT2D eigenvalue weighted by Crippen LogP contribution is -2.14. The van der Waals surface area contributed by atoms with Gasteiger partial charge in [-0.3, -0.25) is 4.79 Å². The highest BCUT2D eigenvalue weighted by atomic mass is 79.9. The van der Waals surface area contributed by atoms with Crippen molar-refractivity contribution in [2.75, 3.05) is 5.75 Å². The Balaban J connectivity index is 0.000000256. The fraction of sp³-hybridized carbons (Fsp3) is 0.280. The molecule has 13 rings (SSSR count). The van der Waals surface area contributed by atoms with Crippen LogP contribution in [0.5, 0.6) is 0 Å². The van der Waals surface area contributed by atoms with Gasteiger partial charge in [0.05, 0.1) is 0 Å². The Morgan fingerprint density at radius 2 is 0.935 bits per heavy atom. The molecule has 0 spiro atoms. The predicted molar refractivity (Wildman–Crippen MR) is 441 cm³/mol. The van der Waals surface area contributed by atoms with Gasteiger partial charge >= 0.3 is 5.97 Å². The second kappa shape index (κ2) is 48.2. The number of carboxylic acid groups (broad SMARTS) is 1. The van der Waals surface area contributed by atoms with E-state index in [9.17, 15) is 44.3 Å². The first-order valence-electron chi connectivity index (χ1n) is 36.7. The predicted octanol–water partition coefficient (Wildman–Crippen LogP) is 29.0. The Labute approximate surface area is 646 Å². The van der Waals surface area contributed by atoms with E-state index in [1.54, 1.807) is 31.2 Å². The lowest BCUT2D eigenvalue weighted by Gasteiger charge is -2.22. The summed E-state index contributed by atoms with van der Waals surface area (Å²) in [5.41, 5.74) is 13.4. The van der Waals surface area contributed by atoms with Gasteiger partial charge in [-0.2, -0.15) is 0 Å². The molecule has 0 bridgehead atoms. The van der Waals surface area contributed by atoms with Crippen LogP contribution >= 0.6 is 27.7 Å². The van der Waals surface area contributed by atoms with Crippen molar-refractivity contribution in [2.45, 2.75) is 171 Å². The lowest BCUT2D eigenvalue weighted by atomic mass is 9.82. The van der Waals surface area contributed by atoms with Gasteiger partial charge in [-0.1, -0.05) is 197 Å². The lowest BCUT2D eigenvalue weighted by molar-refractivity contribution is -0.137. The molecule has 0 fully saturated rings. The molecule has 13 aromatic rings. The first-order chi connectivity index (χ1) is 51.6. The smallest absolute Gasteiger partial charge is 0.303 e. The van der Waals surface area contributed by atoms with Crippen LogP contribution in [-0.2, 0) is 42.3 Å². The number of hydrogen-bond acceptors (Lipinski definition) is 2. The van der Waals surface area contributed by atoms with Crippen molar-refractivity contribution >= 4 is 77.0 Å². The van der Waals surface area contributed by atoms with E-state index >= 15 is 0 Å². The molecule has 0 saturated carbocycles. The second-order valence-corrected chi connectivity index (χ2v) is 28.2. The number of H-pyrrole nitrogens is 2. The molecular weight excluding hydrogens is 1460 g/mol. The first kappa shape index (κ1) is 91.1. The van der Waals surface area contributed by atoms with Crippen LogP contribution in [0.3, 0.4) is 0 Å². The minimum absolute atomic E-state index is 0.170. The van der Waals surface area contributed by atoms with E-state index < -0.39 is 46.7 Å². The summed E-state index contributed by atoms with van der Waals surface area (Å²) < 4.78 is 113. The molecule has 0 aliphatic rings. The van der Waals surface area contributed by atoms with Crippen LogP contribution in [0.1, 0.15) is 157 Å². The van der Waals surface area contributed by atoms with E-state index in [0.717, 1.165) is 83.1 Å². The van der Waals surface area contributed by atoms with E-state index in [1.807, 2.05) is 57.9 Å². The molecule has 108 heavy (non-hydrogen) atoms. The Bertz CT molecular complexity index is 4720. The summed E-state index contributed by atoms with van der Waals surface area (Å²) in [6.07, 6.45) is 12.1. The third-order valence-corrected chi connectivity index (χ3v) is 19.6. The third kappa shape index (κ3) is 30.7. The topological polar surface area (TPSA) is 68.9 Å². The number of aryl methyl sites for hydroxylation is 8. The Morgan fingerprint density at radius 1 is 0.444 bits per heavy atom. The summed E-state index contributed by atoms with van der Waals surface area (Å²) in [4.78, 5) is 17.2. The molecule has 15 heteroatoms. The minimum atomic E-state index is -1.40. The zero-order valence-corrected chi connectivity index (χ0v) is 67.1. The number of nitrogens with one attached hydrogen (secondary N) is 2. The molecule has 4 nitrogen and oxygen atoms in total. The fourth-order valence-corrected chi connectivity index (χ4v) is 12.1. The van der Waals surface area contributed by atoms with Gasteiger partial charge in [-0.05, 0) is 262 Å². The Kier molecular flexibility index (Phi) is 40.6. The number of thioether (sulfide) groups is 1. The summed E-state index contributed by atoms with van der Waals surface area (Å²) in [6, 6.07) is 63.8. The molecule has 0 amide bonds. The van der Waals surface area contributed by atoms with Crippen molar-refractivity contribution < 1.29 is 49.4 Å². The highest BCUT2D eigenvalue weighted by molar-refractivity contribution is 9.10. The number of fused-ring (bicyclic) bond motifs is 4. The highest BCUT2D eigenvalue weighted by Gasteiger charge is 2.17. The highest BCUT2D eigenvalue weighted by Crippen LogP contribution is 2.31. The largest absolute Gasteiger partial charge is 0.481 e. The molecule has 0 aliphatic carbocycles. The van der Waals surface area contributed by atoms with E-state index in [0.29, 0.717) is 47.8 Å². The van der Waals surface area contributed by atoms with Crippen molar-refractivity contribution in [3.63, 3.8) is 0 Å². The van der Waals surface area contributed by atoms with Crippen LogP contribution < -0.4 is 0 Å². The average Bonchev–Trinajstić information content (AvgIpc) is 1.05. The molecule has 0 aliphatic heterocycles. The maximum absolute atomic E-state index is 12.8. The van der Waals surface area contributed by atoms with Crippen LogP contribution in [0.4, 0.5) is 39.5 Å². The number of carbonyl (C=O) groups is 1. The molecule has 2 heterocycles. The number of aromatic amines is 2. The van der Waals surface area contributed by atoms with Crippen molar-refractivity contribution in [3.8, 4) is 0 Å². The van der Waals surface area contributed by atoms with Gasteiger partial charge in [0.15, 0.2) is 17.5 Å². The van der Waals surface area contributed by atoms with E-state index in [-0.39, 0.29) is 11.6 Å². The number of unbranched alkanes of at least 4 members (excludes halogenated alkanes) is 1. The van der Waals surface area contributed by atoms with Gasteiger partial charge in [0.25, 0.3) is 0 Å². The Hall–Kier alpha value is -9.31. The van der Waals surface area contributed by atoms with Crippen LogP contribution in [0, 0.1) is 80.0 Å². The molecule has 0 radical (unpaired) electrons. The number of hydrogen-bond donors (Lipinski definition) is 3. The third-order valence-electron chi connectivity index (χ3n) is 17.7. The summed E-state index contributed by atoms with van der Waals surface area (Å²) in [7, 11) is 0. The maximum Gasteiger partial charge on any atom is 0.303 e. The number of rotatable bonds is 13. The van der Waals surface area contributed by atoms with Gasteiger partial charge in [-0.25, -0.2) is 39.5 Å². The molecule has 574 valence electrons. The van der Waals surface area contributed by atoms with Crippen molar-refractivity contribution in [1.29, 1.82) is 0 Å². The minimum Gasteiger partial charge on any atom is -0.481 e. The van der Waals surface area contributed by atoms with Gasteiger partial charge < -0.3 is 15.1 Å². The molecule has 0 unspecified atom stereocenters. The number of carboxylic acids is 1. The van der Waals surface area contributed by atoms with Crippen LogP contribution in [0.15, 0.2) is 234 Å². The van der Waals surface area contributed by atoms with E-state index in [2.05, 4.69) is 210 Å². The first-order valence-corrected chi connectivity index (χ1v) is 38.4. The van der Waals surface area contributed by atoms with Crippen molar-refractivity contribution in [3.05, 3.63) is 337 Å². The molecular formula is C93H104BrF9N2O2S. The summed E-state index contributed by atoms with van der Waals surface area (Å²) in [6.45, 7) is 29.1. The second-order valence-electron chi connectivity index (χ2n) is 26.0. The number of aromatic nitrogens is 2. The normalized spacial score (nSPS) is 10.4.